The van der Waals surface area contributed by atoms with Crippen molar-refractivity contribution in [2.24, 2.45) is 0 Å². The molecule has 0 aliphatic carbocycles. The molecule has 0 atom stereocenters. The Hall–Kier alpha value is -1.54. The number of carbonyl (C=O) groups is 2. The van der Waals surface area contributed by atoms with Crippen LogP contribution in [0.5, 0.6) is 0 Å². The second-order valence-corrected chi connectivity index (χ2v) is 5.45. The number of carbonyl (C=O) groups excluding carboxylic acids is 1. The Morgan fingerprint density at radius 2 is 2.05 bits per heavy atom. The zero-order chi connectivity index (χ0) is 14.7. The molecule has 0 aliphatic heterocycles. The van der Waals surface area contributed by atoms with Gasteiger partial charge in [0.25, 0.3) is 5.91 Å². The summed E-state index contributed by atoms with van der Waals surface area (Å²) in [6.45, 7) is 0.107. The number of amides is 1. The summed E-state index contributed by atoms with van der Waals surface area (Å²) in [5, 5.41) is 11.8. The maximum Gasteiger partial charge on any atom is 0.371 e. The fourth-order valence-electron chi connectivity index (χ4n) is 1.49. The van der Waals surface area contributed by atoms with E-state index in [1.807, 2.05) is 0 Å². The number of furan rings is 1. The van der Waals surface area contributed by atoms with E-state index in [-0.39, 0.29) is 18.2 Å². The van der Waals surface area contributed by atoms with Crippen LogP contribution in [0.1, 0.15) is 26.7 Å². The average Bonchev–Trinajstić information content (AvgIpc) is 2.88. The van der Waals surface area contributed by atoms with Crippen molar-refractivity contribution in [2.75, 3.05) is 0 Å². The third-order valence-corrected chi connectivity index (χ3v) is 4.05. The number of rotatable bonds is 4. The third kappa shape index (κ3) is 3.51. The van der Waals surface area contributed by atoms with Crippen LogP contribution in [0.15, 0.2) is 34.7 Å². The lowest BCUT2D eigenvalue weighted by Crippen LogP contribution is -2.22. The molecule has 1 aromatic heterocycles. The number of nitrogens with one attached hydrogen (secondary N) is 1. The van der Waals surface area contributed by atoms with Crippen LogP contribution in [0.4, 0.5) is 0 Å². The van der Waals surface area contributed by atoms with Crippen LogP contribution in [-0.2, 0) is 6.54 Å². The van der Waals surface area contributed by atoms with Crippen LogP contribution in [0.3, 0.4) is 0 Å². The first-order chi connectivity index (χ1) is 9.47. The van der Waals surface area contributed by atoms with E-state index in [9.17, 15) is 9.59 Å². The normalized spacial score (nSPS) is 10.3. The predicted octanol–water partition coefficient (Wildman–Crippen LogP) is 3.17. The largest absolute Gasteiger partial charge is 0.475 e. The van der Waals surface area contributed by atoms with Gasteiger partial charge in [0.15, 0.2) is 0 Å². The van der Waals surface area contributed by atoms with Crippen LogP contribution in [0.2, 0.25) is 5.02 Å². The molecule has 0 aliphatic rings. The van der Waals surface area contributed by atoms with Crippen molar-refractivity contribution in [2.45, 2.75) is 6.54 Å². The summed E-state index contributed by atoms with van der Waals surface area (Å²) in [7, 11) is 0. The van der Waals surface area contributed by atoms with Crippen molar-refractivity contribution < 1.29 is 19.1 Å². The van der Waals surface area contributed by atoms with Crippen molar-refractivity contribution in [3.63, 3.8) is 0 Å². The van der Waals surface area contributed by atoms with Crippen molar-refractivity contribution >= 4 is 46.1 Å². The summed E-state index contributed by atoms with van der Waals surface area (Å²) in [5.74, 6) is -1.25. The van der Waals surface area contributed by atoms with E-state index in [4.69, 9.17) is 21.1 Å². The number of aromatic carboxylic acids is 1. The van der Waals surface area contributed by atoms with Crippen molar-refractivity contribution in [3.05, 3.63) is 56.0 Å². The Morgan fingerprint density at radius 3 is 2.65 bits per heavy atom. The standard InChI is InChI=1S/C13H9ClINO4/c14-9-5-7(1-3-10(9)15)12(17)16-6-8-2-4-11(20-8)13(18)19/h1-5H,6H2,(H,16,17)(H,18,19). The van der Waals surface area contributed by atoms with Crippen LogP contribution in [-0.4, -0.2) is 17.0 Å². The molecule has 104 valence electrons. The maximum absolute atomic E-state index is 11.9. The molecule has 5 nitrogen and oxygen atoms in total. The second kappa shape index (κ2) is 6.27. The van der Waals surface area contributed by atoms with E-state index >= 15 is 0 Å². The van der Waals surface area contributed by atoms with Gasteiger partial charge in [0, 0.05) is 9.13 Å². The predicted molar refractivity (Wildman–Crippen MR) is 81.0 cm³/mol. The number of benzene rings is 1. The molecule has 7 heteroatoms. The number of carboxylic acids is 1. The molecule has 2 aromatic rings. The summed E-state index contributed by atoms with van der Waals surface area (Å²) in [6.07, 6.45) is 0. The van der Waals surface area contributed by atoms with Gasteiger partial charge in [-0.3, -0.25) is 4.79 Å². The summed E-state index contributed by atoms with van der Waals surface area (Å²) in [6, 6.07) is 7.82. The molecule has 0 radical (unpaired) electrons. The molecule has 1 amide bonds. The molecule has 0 fully saturated rings. The summed E-state index contributed by atoms with van der Waals surface area (Å²) < 4.78 is 5.89. The topological polar surface area (TPSA) is 79.5 Å². The summed E-state index contributed by atoms with van der Waals surface area (Å²) in [4.78, 5) is 22.5. The Kier molecular flexibility index (Phi) is 4.66. The van der Waals surface area contributed by atoms with Gasteiger partial charge in [-0.1, -0.05) is 11.6 Å². The zero-order valence-electron chi connectivity index (χ0n) is 10.0. The zero-order valence-corrected chi connectivity index (χ0v) is 12.9. The minimum atomic E-state index is -1.15. The molecule has 0 saturated heterocycles. The van der Waals surface area contributed by atoms with Gasteiger partial charge in [-0.05, 0) is 52.9 Å². The van der Waals surface area contributed by atoms with E-state index in [1.54, 1.807) is 18.2 Å². The van der Waals surface area contributed by atoms with E-state index in [0.717, 1.165) is 3.57 Å². The van der Waals surface area contributed by atoms with Crippen molar-refractivity contribution in [1.29, 1.82) is 0 Å². The Morgan fingerprint density at radius 1 is 1.30 bits per heavy atom. The van der Waals surface area contributed by atoms with Crippen LogP contribution < -0.4 is 5.32 Å². The molecule has 0 unspecified atom stereocenters. The van der Waals surface area contributed by atoms with E-state index < -0.39 is 5.97 Å². The fraction of sp³-hybridized carbons (Fsp3) is 0.0769. The van der Waals surface area contributed by atoms with Gasteiger partial charge in [-0.2, -0.15) is 0 Å². The lowest BCUT2D eigenvalue weighted by molar-refractivity contribution is 0.0660. The molecule has 2 N–H and O–H groups in total. The van der Waals surface area contributed by atoms with Gasteiger partial charge >= 0.3 is 5.97 Å². The highest BCUT2D eigenvalue weighted by molar-refractivity contribution is 14.1. The van der Waals surface area contributed by atoms with Crippen molar-refractivity contribution in [3.8, 4) is 0 Å². The minimum absolute atomic E-state index is 0.107. The Balaban J connectivity index is 2.00. The first-order valence-electron chi connectivity index (χ1n) is 5.52. The number of carboxylic acid groups (broad SMARTS) is 1. The lowest BCUT2D eigenvalue weighted by Gasteiger charge is -2.04. The molecule has 2 rings (SSSR count). The molecule has 0 saturated carbocycles. The summed E-state index contributed by atoms with van der Waals surface area (Å²) >= 11 is 8.01. The molecular formula is C13H9ClINO4. The number of halogens is 2. The quantitative estimate of drug-likeness (QED) is 0.766. The second-order valence-electron chi connectivity index (χ2n) is 3.88. The van der Waals surface area contributed by atoms with E-state index in [1.165, 1.54) is 12.1 Å². The highest BCUT2D eigenvalue weighted by atomic mass is 127. The molecule has 1 heterocycles. The van der Waals surface area contributed by atoms with E-state index in [2.05, 4.69) is 27.9 Å². The highest BCUT2D eigenvalue weighted by Crippen LogP contribution is 2.19. The van der Waals surface area contributed by atoms with Gasteiger partial charge in [0.05, 0.1) is 11.6 Å². The van der Waals surface area contributed by atoms with Crippen LogP contribution in [0.25, 0.3) is 0 Å². The highest BCUT2D eigenvalue weighted by Gasteiger charge is 2.11. The average molecular weight is 406 g/mol. The molecular weight excluding hydrogens is 397 g/mol. The first-order valence-corrected chi connectivity index (χ1v) is 6.98. The Bertz CT molecular complexity index is 668. The first kappa shape index (κ1) is 14.9. The minimum Gasteiger partial charge on any atom is -0.475 e. The fourth-order valence-corrected chi connectivity index (χ4v) is 2.01. The third-order valence-electron chi connectivity index (χ3n) is 2.48. The molecule has 0 bridgehead atoms. The summed E-state index contributed by atoms with van der Waals surface area (Å²) in [5.41, 5.74) is 0.431. The van der Waals surface area contributed by atoms with Gasteiger partial charge in [-0.15, -0.1) is 0 Å². The maximum atomic E-state index is 11.9. The number of hydrogen-bond donors (Lipinski definition) is 2. The van der Waals surface area contributed by atoms with E-state index in [0.29, 0.717) is 16.3 Å². The number of hydrogen-bond acceptors (Lipinski definition) is 3. The molecule has 0 spiro atoms. The monoisotopic (exact) mass is 405 g/mol. The molecule has 20 heavy (non-hydrogen) atoms. The SMILES string of the molecule is O=C(NCc1ccc(C(=O)O)o1)c1ccc(I)c(Cl)c1. The van der Waals surface area contributed by atoms with Crippen LogP contribution in [0, 0.1) is 3.57 Å². The van der Waals surface area contributed by atoms with Crippen LogP contribution >= 0.6 is 34.2 Å². The van der Waals surface area contributed by atoms with Gasteiger partial charge in [0.1, 0.15) is 5.76 Å². The Labute approximate surface area is 133 Å². The van der Waals surface area contributed by atoms with Gasteiger partial charge in [0.2, 0.25) is 5.76 Å². The van der Waals surface area contributed by atoms with Gasteiger partial charge in [-0.25, -0.2) is 4.79 Å². The van der Waals surface area contributed by atoms with Crippen molar-refractivity contribution in [1.82, 2.24) is 5.32 Å². The van der Waals surface area contributed by atoms with Gasteiger partial charge < -0.3 is 14.8 Å². The molecule has 1 aromatic carbocycles. The smallest absolute Gasteiger partial charge is 0.371 e. The lowest BCUT2D eigenvalue weighted by atomic mass is 10.2.